The molecule has 0 unspecified atom stereocenters. The number of hydrogen-bond acceptors (Lipinski definition) is 1. The highest BCUT2D eigenvalue weighted by molar-refractivity contribution is 6.21. The lowest BCUT2D eigenvalue weighted by atomic mass is 10.0. The second-order valence-corrected chi connectivity index (χ2v) is 11.3. The molecule has 1 aliphatic heterocycles. The summed E-state index contributed by atoms with van der Waals surface area (Å²) in [6, 6.07) is 52.2. The van der Waals surface area contributed by atoms with Crippen molar-refractivity contribution < 1.29 is 4.74 Å². The van der Waals surface area contributed by atoms with Crippen molar-refractivity contribution in [1.82, 2.24) is 9.13 Å². The number of fused-ring (bicyclic) bond motifs is 10. The molecule has 0 atom stereocenters. The maximum atomic E-state index is 6.70. The summed E-state index contributed by atoms with van der Waals surface area (Å²) in [4.78, 5) is 0. The van der Waals surface area contributed by atoms with Crippen molar-refractivity contribution in [3.63, 3.8) is 0 Å². The molecule has 200 valence electrons. The first kappa shape index (κ1) is 22.8. The van der Waals surface area contributed by atoms with Gasteiger partial charge in [-0.05, 0) is 64.9 Å². The number of ether oxygens (including phenoxy) is 1. The smallest absolute Gasteiger partial charge is 0.160 e. The van der Waals surface area contributed by atoms with Gasteiger partial charge < -0.3 is 13.9 Å². The van der Waals surface area contributed by atoms with Crippen LogP contribution in [0.4, 0.5) is 0 Å². The molecule has 10 rings (SSSR count). The van der Waals surface area contributed by atoms with Crippen LogP contribution in [0.3, 0.4) is 0 Å². The van der Waals surface area contributed by atoms with Crippen molar-refractivity contribution >= 4 is 54.4 Å². The van der Waals surface area contributed by atoms with Crippen LogP contribution in [-0.2, 0) is 0 Å². The van der Waals surface area contributed by atoms with Crippen LogP contribution in [0.15, 0.2) is 146 Å². The summed E-state index contributed by atoms with van der Waals surface area (Å²) in [5.74, 6) is 1.78. The number of benzene rings is 7. The van der Waals surface area contributed by atoms with Gasteiger partial charge >= 0.3 is 0 Å². The van der Waals surface area contributed by atoms with Gasteiger partial charge in [0.2, 0.25) is 0 Å². The lowest BCUT2D eigenvalue weighted by Gasteiger charge is -2.23. The van der Waals surface area contributed by atoms with Gasteiger partial charge in [0.1, 0.15) is 0 Å². The lowest BCUT2D eigenvalue weighted by Crippen LogP contribution is -2.05. The molecule has 0 amide bonds. The van der Waals surface area contributed by atoms with E-state index in [2.05, 4.69) is 149 Å². The summed E-state index contributed by atoms with van der Waals surface area (Å²) in [6.45, 7) is 0. The molecular formula is C40H24N2O. The molecule has 3 nitrogen and oxygen atoms in total. The van der Waals surface area contributed by atoms with E-state index in [1.54, 1.807) is 0 Å². The minimum absolute atomic E-state index is 0.874. The van der Waals surface area contributed by atoms with E-state index in [1.165, 1.54) is 48.9 Å². The molecular weight excluding hydrogens is 524 g/mol. The average Bonchev–Trinajstić information content (AvgIpc) is 3.60. The molecule has 0 bridgehead atoms. The maximum absolute atomic E-state index is 6.70. The number of hydrogen-bond donors (Lipinski definition) is 0. The zero-order chi connectivity index (χ0) is 28.1. The third-order valence-electron chi connectivity index (χ3n) is 9.11. The van der Waals surface area contributed by atoms with Crippen molar-refractivity contribution in [3.8, 4) is 34.0 Å². The molecule has 0 saturated heterocycles. The summed E-state index contributed by atoms with van der Waals surface area (Å²) in [5, 5.41) is 7.56. The highest BCUT2D eigenvalue weighted by atomic mass is 16.5. The number of para-hydroxylation sites is 4. The molecule has 43 heavy (non-hydrogen) atoms. The minimum Gasteiger partial charge on any atom is -0.452 e. The fraction of sp³-hybridized carbons (Fsp3) is 0. The third kappa shape index (κ3) is 3.03. The second-order valence-electron chi connectivity index (χ2n) is 11.3. The molecule has 1 aliphatic rings. The molecule has 2 aromatic heterocycles. The molecule has 3 heteroatoms. The van der Waals surface area contributed by atoms with Gasteiger partial charge in [-0.25, -0.2) is 0 Å². The van der Waals surface area contributed by atoms with E-state index in [1.807, 2.05) is 6.07 Å². The molecule has 0 saturated carbocycles. The molecule has 0 N–H and O–H groups in total. The van der Waals surface area contributed by atoms with Gasteiger partial charge in [-0.1, -0.05) is 97.1 Å². The summed E-state index contributed by atoms with van der Waals surface area (Å²) in [6.07, 6.45) is 0. The Balaban J connectivity index is 1.19. The standard InChI is InChI=1S/C40H24N2O/c1-2-10-28-25(9-1)19-24-36-38(28)32-12-4-6-14-34(32)41(36)27-20-17-26(18-21-27)29-22-23-31-30-11-3-5-13-33(30)42-35-15-7-8-16-37(35)43-40(29)39(31)42/h1-24H. The van der Waals surface area contributed by atoms with E-state index >= 15 is 0 Å². The first-order valence-electron chi connectivity index (χ1n) is 14.7. The molecule has 9 aromatic rings. The summed E-state index contributed by atoms with van der Waals surface area (Å²) in [7, 11) is 0. The summed E-state index contributed by atoms with van der Waals surface area (Å²) in [5.41, 5.74) is 9.18. The predicted molar refractivity (Wildman–Crippen MR) is 178 cm³/mol. The van der Waals surface area contributed by atoms with Gasteiger partial charge in [0.05, 0.1) is 27.8 Å². The van der Waals surface area contributed by atoms with E-state index in [-0.39, 0.29) is 0 Å². The van der Waals surface area contributed by atoms with Crippen LogP contribution >= 0.6 is 0 Å². The largest absolute Gasteiger partial charge is 0.452 e. The fourth-order valence-corrected chi connectivity index (χ4v) is 7.25. The van der Waals surface area contributed by atoms with Crippen LogP contribution in [0.2, 0.25) is 0 Å². The van der Waals surface area contributed by atoms with E-state index in [4.69, 9.17) is 4.74 Å². The van der Waals surface area contributed by atoms with Gasteiger partial charge in [0, 0.05) is 32.8 Å². The normalized spacial score (nSPS) is 12.4. The Kier molecular flexibility index (Phi) is 4.45. The SMILES string of the molecule is c1ccc2c(c1)Oc1c(-c3ccc(-n4c5ccccc5c5c6ccccc6ccc54)cc3)ccc3c4ccccc4n-2c13. The fourth-order valence-electron chi connectivity index (χ4n) is 7.25. The van der Waals surface area contributed by atoms with Crippen molar-refractivity contribution in [2.24, 2.45) is 0 Å². The van der Waals surface area contributed by atoms with Crippen LogP contribution in [0.5, 0.6) is 11.5 Å². The zero-order valence-corrected chi connectivity index (χ0v) is 23.2. The van der Waals surface area contributed by atoms with Crippen LogP contribution in [0.1, 0.15) is 0 Å². The first-order valence-corrected chi connectivity index (χ1v) is 14.7. The van der Waals surface area contributed by atoms with Gasteiger partial charge in [-0.3, -0.25) is 0 Å². The monoisotopic (exact) mass is 548 g/mol. The first-order chi connectivity index (χ1) is 21.3. The van der Waals surface area contributed by atoms with Crippen molar-refractivity contribution in [2.45, 2.75) is 0 Å². The van der Waals surface area contributed by atoms with Crippen molar-refractivity contribution in [1.29, 1.82) is 0 Å². The highest BCUT2D eigenvalue weighted by Gasteiger charge is 2.26. The minimum atomic E-state index is 0.874. The predicted octanol–water partition coefficient (Wildman–Crippen LogP) is 10.8. The molecule has 7 aromatic carbocycles. The second kappa shape index (κ2) is 8.37. The van der Waals surface area contributed by atoms with E-state index in [9.17, 15) is 0 Å². The highest BCUT2D eigenvalue weighted by Crippen LogP contribution is 2.49. The van der Waals surface area contributed by atoms with Gasteiger partial charge in [0.15, 0.2) is 11.5 Å². The van der Waals surface area contributed by atoms with Crippen LogP contribution in [-0.4, -0.2) is 9.13 Å². The summed E-state index contributed by atoms with van der Waals surface area (Å²) < 4.78 is 11.4. The van der Waals surface area contributed by atoms with Crippen LogP contribution in [0.25, 0.3) is 76.9 Å². The third-order valence-corrected chi connectivity index (χ3v) is 9.11. The Morgan fingerprint density at radius 2 is 1.14 bits per heavy atom. The number of nitrogens with zero attached hydrogens (tertiary/aromatic N) is 2. The van der Waals surface area contributed by atoms with Crippen LogP contribution in [0, 0.1) is 0 Å². The topological polar surface area (TPSA) is 19.1 Å². The average molecular weight is 549 g/mol. The van der Waals surface area contributed by atoms with E-state index in [0.29, 0.717) is 0 Å². The van der Waals surface area contributed by atoms with Crippen molar-refractivity contribution in [3.05, 3.63) is 146 Å². The Morgan fingerprint density at radius 3 is 2.00 bits per heavy atom. The molecule has 0 aliphatic carbocycles. The van der Waals surface area contributed by atoms with Gasteiger partial charge in [0.25, 0.3) is 0 Å². The van der Waals surface area contributed by atoms with E-state index < -0.39 is 0 Å². The Hall–Kier alpha value is -5.80. The number of rotatable bonds is 2. The van der Waals surface area contributed by atoms with Gasteiger partial charge in [-0.15, -0.1) is 0 Å². The van der Waals surface area contributed by atoms with Gasteiger partial charge in [-0.2, -0.15) is 0 Å². The Morgan fingerprint density at radius 1 is 0.442 bits per heavy atom. The molecule has 3 heterocycles. The summed E-state index contributed by atoms with van der Waals surface area (Å²) >= 11 is 0. The zero-order valence-electron chi connectivity index (χ0n) is 23.2. The Bertz CT molecular complexity index is 2580. The molecule has 0 spiro atoms. The maximum Gasteiger partial charge on any atom is 0.160 e. The molecule has 0 fully saturated rings. The quantitative estimate of drug-likeness (QED) is 0.210. The van der Waals surface area contributed by atoms with Crippen LogP contribution < -0.4 is 4.74 Å². The van der Waals surface area contributed by atoms with E-state index in [0.717, 1.165) is 39.5 Å². The lowest BCUT2D eigenvalue weighted by molar-refractivity contribution is 0.478. The Labute approximate surface area is 247 Å². The molecule has 0 radical (unpaired) electrons. The van der Waals surface area contributed by atoms with Crippen molar-refractivity contribution in [2.75, 3.05) is 0 Å². The number of aromatic nitrogens is 2.